The number of thioether (sulfide) groups is 1. The van der Waals surface area contributed by atoms with Crippen molar-refractivity contribution in [3.05, 3.63) is 75.1 Å². The highest BCUT2D eigenvalue weighted by molar-refractivity contribution is 9.10. The Labute approximate surface area is 180 Å². The zero-order chi connectivity index (χ0) is 20.5. The van der Waals surface area contributed by atoms with Gasteiger partial charge in [0.05, 0.1) is 18.6 Å². The number of methoxy groups -OCH3 is 1. The Morgan fingerprint density at radius 2 is 1.90 bits per heavy atom. The van der Waals surface area contributed by atoms with E-state index in [0.717, 1.165) is 28.1 Å². The molecule has 1 fully saturated rings. The lowest BCUT2D eigenvalue weighted by atomic mass is 10.0. The first kappa shape index (κ1) is 19.5. The molecular formula is C22H16BrNO4S. The molecule has 0 bridgehead atoms. The number of phenolic OH excluding ortho intramolecular Hbond substituents is 1. The number of imide groups is 1. The molecule has 2 amide bonds. The number of carbonyl (C=O) groups excluding carboxylic acids is 2. The largest absolute Gasteiger partial charge is 0.504 e. The third-order valence-corrected chi connectivity index (χ3v) is 6.26. The van der Waals surface area contributed by atoms with E-state index in [1.165, 1.54) is 18.1 Å². The number of halogens is 1. The predicted octanol–water partition coefficient (Wildman–Crippen LogP) is 5.55. The van der Waals surface area contributed by atoms with Crippen molar-refractivity contribution in [2.24, 2.45) is 0 Å². The fourth-order valence-electron chi connectivity index (χ4n) is 3.21. The Morgan fingerprint density at radius 1 is 1.14 bits per heavy atom. The molecule has 1 saturated heterocycles. The number of fused-ring (bicyclic) bond motifs is 1. The third-order valence-electron chi connectivity index (χ3n) is 4.67. The summed E-state index contributed by atoms with van der Waals surface area (Å²) in [5, 5.41) is 11.6. The van der Waals surface area contributed by atoms with E-state index in [2.05, 4.69) is 15.9 Å². The molecule has 1 heterocycles. The van der Waals surface area contributed by atoms with Crippen molar-refractivity contribution in [1.82, 2.24) is 4.90 Å². The smallest absolute Gasteiger partial charge is 0.293 e. The van der Waals surface area contributed by atoms with Crippen LogP contribution in [0.5, 0.6) is 11.5 Å². The second-order valence-electron chi connectivity index (χ2n) is 6.45. The van der Waals surface area contributed by atoms with Crippen molar-refractivity contribution < 1.29 is 19.4 Å². The zero-order valence-electron chi connectivity index (χ0n) is 15.4. The Hall–Kier alpha value is -2.77. The Bertz CT molecular complexity index is 1170. The topological polar surface area (TPSA) is 66.8 Å². The molecule has 4 rings (SSSR count). The monoisotopic (exact) mass is 469 g/mol. The number of rotatable bonds is 4. The Kier molecular flexibility index (Phi) is 5.34. The minimum Gasteiger partial charge on any atom is -0.504 e. The summed E-state index contributed by atoms with van der Waals surface area (Å²) >= 11 is 4.27. The normalized spacial score (nSPS) is 15.5. The molecule has 3 aromatic carbocycles. The van der Waals surface area contributed by atoms with Crippen LogP contribution in [0.25, 0.3) is 16.8 Å². The lowest BCUT2D eigenvalue weighted by Gasteiger charge is -2.14. The maximum absolute atomic E-state index is 12.9. The average Bonchev–Trinajstić information content (AvgIpc) is 2.97. The molecule has 7 heteroatoms. The SMILES string of the molecule is COc1cc(/C=C2\SC(=O)N(Cc3cccc4ccccc34)C2=O)c(Br)cc1O. The van der Waals surface area contributed by atoms with Gasteiger partial charge in [0.1, 0.15) is 0 Å². The highest BCUT2D eigenvalue weighted by Crippen LogP contribution is 2.38. The van der Waals surface area contributed by atoms with Crippen molar-refractivity contribution in [3.63, 3.8) is 0 Å². The molecule has 146 valence electrons. The quantitative estimate of drug-likeness (QED) is 0.507. The first-order valence-electron chi connectivity index (χ1n) is 8.76. The third kappa shape index (κ3) is 3.75. The van der Waals surface area contributed by atoms with Gasteiger partial charge in [-0.05, 0) is 51.9 Å². The highest BCUT2D eigenvalue weighted by atomic mass is 79.9. The van der Waals surface area contributed by atoms with Crippen molar-refractivity contribution >= 4 is 55.7 Å². The van der Waals surface area contributed by atoms with Gasteiger partial charge in [-0.15, -0.1) is 0 Å². The maximum Gasteiger partial charge on any atom is 0.293 e. The minimum atomic E-state index is -0.341. The van der Waals surface area contributed by atoms with E-state index in [1.54, 1.807) is 12.1 Å². The lowest BCUT2D eigenvalue weighted by molar-refractivity contribution is -0.123. The van der Waals surface area contributed by atoms with Crippen molar-refractivity contribution in [1.29, 1.82) is 0 Å². The molecule has 29 heavy (non-hydrogen) atoms. The van der Waals surface area contributed by atoms with Crippen LogP contribution in [-0.2, 0) is 11.3 Å². The standard InChI is InChI=1S/C22H16BrNO4S/c1-28-19-9-15(17(23)11-18(19)25)10-20-21(26)24(22(27)29-20)12-14-7-4-6-13-5-2-3-8-16(13)14/h2-11,25H,12H2,1H3/b20-10-. The molecule has 0 saturated carbocycles. The van der Waals surface area contributed by atoms with Crippen LogP contribution in [-0.4, -0.2) is 28.3 Å². The number of benzene rings is 3. The summed E-state index contributed by atoms with van der Waals surface area (Å²) < 4.78 is 5.72. The van der Waals surface area contributed by atoms with Crippen LogP contribution in [0, 0.1) is 0 Å². The summed E-state index contributed by atoms with van der Waals surface area (Å²) in [6, 6.07) is 16.8. The number of aromatic hydroxyl groups is 1. The van der Waals surface area contributed by atoms with E-state index in [4.69, 9.17) is 4.74 Å². The van der Waals surface area contributed by atoms with Crippen molar-refractivity contribution in [3.8, 4) is 11.5 Å². The van der Waals surface area contributed by atoms with Gasteiger partial charge in [0.2, 0.25) is 0 Å². The minimum absolute atomic E-state index is 0.0133. The molecule has 0 atom stereocenters. The van der Waals surface area contributed by atoms with Gasteiger partial charge < -0.3 is 9.84 Å². The van der Waals surface area contributed by atoms with E-state index in [9.17, 15) is 14.7 Å². The number of carbonyl (C=O) groups is 2. The van der Waals surface area contributed by atoms with E-state index in [0.29, 0.717) is 14.9 Å². The summed E-state index contributed by atoms with van der Waals surface area (Å²) in [5.74, 6) is -0.0677. The fraction of sp³-hybridized carbons (Fsp3) is 0.0909. The van der Waals surface area contributed by atoms with Crippen LogP contribution < -0.4 is 4.74 Å². The molecular weight excluding hydrogens is 454 g/mol. The van der Waals surface area contributed by atoms with E-state index < -0.39 is 0 Å². The lowest BCUT2D eigenvalue weighted by Crippen LogP contribution is -2.27. The van der Waals surface area contributed by atoms with Crippen molar-refractivity contribution in [2.75, 3.05) is 7.11 Å². The molecule has 1 N–H and O–H groups in total. The second-order valence-corrected chi connectivity index (χ2v) is 8.30. The number of nitrogens with zero attached hydrogens (tertiary/aromatic N) is 1. The van der Waals surface area contributed by atoms with Crippen LogP contribution in [0.1, 0.15) is 11.1 Å². The molecule has 0 radical (unpaired) electrons. The van der Waals surface area contributed by atoms with Gasteiger partial charge in [-0.2, -0.15) is 0 Å². The number of phenols is 1. The molecule has 3 aromatic rings. The second kappa shape index (κ2) is 7.93. The zero-order valence-corrected chi connectivity index (χ0v) is 17.8. The molecule has 0 spiro atoms. The van der Waals surface area contributed by atoms with E-state index >= 15 is 0 Å². The molecule has 0 aliphatic carbocycles. The number of ether oxygens (including phenoxy) is 1. The van der Waals surface area contributed by atoms with Crippen LogP contribution in [0.2, 0.25) is 0 Å². The number of hydrogen-bond donors (Lipinski definition) is 1. The molecule has 0 unspecified atom stereocenters. The summed E-state index contributed by atoms with van der Waals surface area (Å²) in [5.41, 5.74) is 1.55. The number of amides is 2. The maximum atomic E-state index is 12.9. The first-order chi connectivity index (χ1) is 14.0. The van der Waals surface area contributed by atoms with Gasteiger partial charge >= 0.3 is 0 Å². The van der Waals surface area contributed by atoms with Gasteiger partial charge in [0, 0.05) is 4.47 Å². The fourth-order valence-corrected chi connectivity index (χ4v) is 4.49. The Morgan fingerprint density at radius 3 is 2.69 bits per heavy atom. The molecule has 1 aliphatic heterocycles. The van der Waals surface area contributed by atoms with Crippen LogP contribution in [0.4, 0.5) is 4.79 Å². The van der Waals surface area contributed by atoms with E-state index in [1.807, 2.05) is 42.5 Å². The summed E-state index contributed by atoms with van der Waals surface area (Å²) in [7, 11) is 1.45. The molecule has 1 aliphatic rings. The van der Waals surface area contributed by atoms with Gasteiger partial charge in [-0.3, -0.25) is 14.5 Å². The molecule has 5 nitrogen and oxygen atoms in total. The number of hydrogen-bond acceptors (Lipinski definition) is 5. The van der Waals surface area contributed by atoms with Crippen LogP contribution in [0.3, 0.4) is 0 Å². The molecule has 0 aromatic heterocycles. The Balaban J connectivity index is 1.65. The highest BCUT2D eigenvalue weighted by Gasteiger charge is 2.35. The van der Waals surface area contributed by atoms with Crippen LogP contribution >= 0.6 is 27.7 Å². The average molecular weight is 470 g/mol. The van der Waals surface area contributed by atoms with Gasteiger partial charge in [-0.25, -0.2) is 0 Å². The summed E-state index contributed by atoms with van der Waals surface area (Å²) in [6.07, 6.45) is 1.63. The van der Waals surface area contributed by atoms with Gasteiger partial charge in [0.25, 0.3) is 11.1 Å². The van der Waals surface area contributed by atoms with E-state index in [-0.39, 0.29) is 29.2 Å². The van der Waals surface area contributed by atoms with Gasteiger partial charge in [-0.1, -0.05) is 58.4 Å². The van der Waals surface area contributed by atoms with Crippen molar-refractivity contribution in [2.45, 2.75) is 6.54 Å². The predicted molar refractivity (Wildman–Crippen MR) is 118 cm³/mol. The summed E-state index contributed by atoms with van der Waals surface area (Å²) in [4.78, 5) is 27.0. The summed E-state index contributed by atoms with van der Waals surface area (Å²) in [6.45, 7) is 0.212. The van der Waals surface area contributed by atoms with Crippen LogP contribution in [0.15, 0.2) is 64.0 Å². The first-order valence-corrected chi connectivity index (χ1v) is 10.4. The van der Waals surface area contributed by atoms with Gasteiger partial charge in [0.15, 0.2) is 11.5 Å².